The van der Waals surface area contributed by atoms with Gasteiger partial charge in [-0.3, -0.25) is 0 Å². The van der Waals surface area contributed by atoms with Crippen molar-refractivity contribution < 1.29 is 4.74 Å². The number of fused-ring (bicyclic) bond motifs is 3. The van der Waals surface area contributed by atoms with E-state index in [9.17, 15) is 0 Å². The summed E-state index contributed by atoms with van der Waals surface area (Å²) in [6, 6.07) is 16.6. The lowest BCUT2D eigenvalue weighted by molar-refractivity contribution is 0.415. The maximum atomic E-state index is 6.31. The summed E-state index contributed by atoms with van der Waals surface area (Å²) in [5.41, 5.74) is 12.4. The summed E-state index contributed by atoms with van der Waals surface area (Å²) in [6.07, 6.45) is 4.46. The first-order valence-corrected chi connectivity index (χ1v) is 9.55. The first-order chi connectivity index (χ1) is 13.2. The molecule has 0 saturated heterocycles. The Labute approximate surface area is 159 Å². The average molecular weight is 359 g/mol. The molecule has 0 unspecified atom stereocenters. The summed E-state index contributed by atoms with van der Waals surface area (Å²) in [5.74, 6) is 0.861. The molecule has 2 aromatic heterocycles. The largest absolute Gasteiger partial charge is 0.497 e. The van der Waals surface area contributed by atoms with Crippen molar-refractivity contribution in [3.05, 3.63) is 54.2 Å². The highest BCUT2D eigenvalue weighted by atomic mass is 16.5. The number of nitrogen functional groups attached to an aromatic ring is 1. The van der Waals surface area contributed by atoms with Crippen LogP contribution >= 0.6 is 0 Å². The number of benzene rings is 2. The van der Waals surface area contributed by atoms with Gasteiger partial charge in [-0.1, -0.05) is 38.0 Å². The Morgan fingerprint density at radius 2 is 1.74 bits per heavy atom. The summed E-state index contributed by atoms with van der Waals surface area (Å²) >= 11 is 0. The minimum atomic E-state index is 0.786. The second-order valence-corrected chi connectivity index (χ2v) is 6.99. The van der Waals surface area contributed by atoms with Crippen LogP contribution in [0.15, 0.2) is 48.5 Å². The van der Waals surface area contributed by atoms with E-state index in [-0.39, 0.29) is 0 Å². The summed E-state index contributed by atoms with van der Waals surface area (Å²) in [4.78, 5) is 8.26. The lowest BCUT2D eigenvalue weighted by Gasteiger charge is -2.05. The number of anilines is 1. The van der Waals surface area contributed by atoms with Crippen LogP contribution in [0.5, 0.6) is 5.75 Å². The predicted molar refractivity (Wildman–Crippen MR) is 113 cm³/mol. The molecular formula is C23H25N3O. The average Bonchev–Trinajstić information content (AvgIpc) is 3.05. The Hall–Kier alpha value is -3.01. The molecule has 0 radical (unpaired) electrons. The van der Waals surface area contributed by atoms with Gasteiger partial charge in [-0.25, -0.2) is 4.98 Å². The third-order valence-electron chi connectivity index (χ3n) is 5.14. The lowest BCUT2D eigenvalue weighted by atomic mass is 10.0. The smallest absolute Gasteiger partial charge is 0.138 e. The second-order valence-electron chi connectivity index (χ2n) is 6.99. The fraction of sp³-hybridized carbons (Fsp3) is 0.261. The minimum Gasteiger partial charge on any atom is -0.497 e. The fourth-order valence-electron chi connectivity index (χ4n) is 3.58. The van der Waals surface area contributed by atoms with Crippen molar-refractivity contribution in [2.75, 3.05) is 12.8 Å². The van der Waals surface area contributed by atoms with Crippen molar-refractivity contribution in [2.45, 2.75) is 32.6 Å². The van der Waals surface area contributed by atoms with Crippen LogP contribution in [-0.4, -0.2) is 17.1 Å². The normalized spacial score (nSPS) is 11.3. The van der Waals surface area contributed by atoms with Gasteiger partial charge in [-0.15, -0.1) is 0 Å². The number of pyridine rings is 1. The number of aryl methyl sites for hydroxylation is 1. The molecule has 0 aliphatic heterocycles. The summed E-state index contributed by atoms with van der Waals surface area (Å²) < 4.78 is 5.25. The molecule has 4 heteroatoms. The van der Waals surface area contributed by atoms with E-state index in [2.05, 4.69) is 48.3 Å². The van der Waals surface area contributed by atoms with E-state index in [0.717, 1.165) is 63.0 Å². The number of ether oxygens (including phenoxy) is 1. The Bertz CT molecular complexity index is 1080. The van der Waals surface area contributed by atoms with Crippen LogP contribution in [0.25, 0.3) is 33.1 Å². The number of nitrogens with one attached hydrogen (secondary N) is 1. The van der Waals surface area contributed by atoms with Crippen LogP contribution in [0, 0.1) is 0 Å². The Morgan fingerprint density at radius 1 is 0.963 bits per heavy atom. The van der Waals surface area contributed by atoms with E-state index < -0.39 is 0 Å². The Balaban J connectivity index is 1.76. The number of H-pyrrole nitrogens is 1. The van der Waals surface area contributed by atoms with Gasteiger partial charge in [0, 0.05) is 16.3 Å². The fourth-order valence-corrected chi connectivity index (χ4v) is 3.58. The molecule has 0 aliphatic rings. The van der Waals surface area contributed by atoms with Gasteiger partial charge in [-0.2, -0.15) is 0 Å². The summed E-state index contributed by atoms with van der Waals surface area (Å²) in [5, 5.41) is 2.23. The summed E-state index contributed by atoms with van der Waals surface area (Å²) in [7, 11) is 1.68. The Kier molecular flexibility index (Phi) is 4.71. The van der Waals surface area contributed by atoms with Crippen molar-refractivity contribution in [3.63, 3.8) is 0 Å². The highest BCUT2D eigenvalue weighted by Gasteiger charge is 2.11. The number of methoxy groups -OCH3 is 1. The van der Waals surface area contributed by atoms with Gasteiger partial charge in [0.1, 0.15) is 11.4 Å². The number of aromatic nitrogens is 2. The van der Waals surface area contributed by atoms with Crippen molar-refractivity contribution in [3.8, 4) is 16.9 Å². The predicted octanol–water partition coefficient (Wildman–Crippen LogP) is 5.71. The van der Waals surface area contributed by atoms with Crippen molar-refractivity contribution in [1.82, 2.24) is 9.97 Å². The molecule has 0 spiro atoms. The number of aromatic amines is 1. The molecule has 4 rings (SSSR count). The van der Waals surface area contributed by atoms with Gasteiger partial charge in [0.25, 0.3) is 0 Å². The molecule has 4 aromatic rings. The van der Waals surface area contributed by atoms with Crippen molar-refractivity contribution >= 4 is 27.6 Å². The molecule has 3 N–H and O–H groups in total. The van der Waals surface area contributed by atoms with E-state index in [1.165, 1.54) is 12.8 Å². The van der Waals surface area contributed by atoms with Crippen LogP contribution in [0.3, 0.4) is 0 Å². The maximum Gasteiger partial charge on any atom is 0.138 e. The molecule has 0 aliphatic carbocycles. The van der Waals surface area contributed by atoms with Crippen LogP contribution in [0.4, 0.5) is 5.69 Å². The third kappa shape index (κ3) is 3.35. The topological polar surface area (TPSA) is 63.9 Å². The number of rotatable bonds is 6. The number of nitrogens with zero attached hydrogens (tertiary/aromatic N) is 1. The molecule has 138 valence electrons. The number of hydrogen-bond donors (Lipinski definition) is 2. The SMILES string of the molecule is CCCCCc1nc2[nH]c3ccc(-c4ccc(OC)cc4)cc3c2cc1N. The molecular weight excluding hydrogens is 334 g/mol. The van der Waals surface area contributed by atoms with E-state index in [1.54, 1.807) is 7.11 Å². The summed E-state index contributed by atoms with van der Waals surface area (Å²) in [6.45, 7) is 2.21. The van der Waals surface area contributed by atoms with Gasteiger partial charge in [-0.05, 0) is 54.3 Å². The van der Waals surface area contributed by atoms with E-state index >= 15 is 0 Å². The van der Waals surface area contributed by atoms with E-state index in [4.69, 9.17) is 15.5 Å². The zero-order chi connectivity index (χ0) is 18.8. The quantitative estimate of drug-likeness (QED) is 0.434. The van der Waals surface area contributed by atoms with Gasteiger partial charge in [0.05, 0.1) is 18.5 Å². The number of unbranched alkanes of at least 4 members (excludes halogenated alkanes) is 2. The van der Waals surface area contributed by atoms with Gasteiger partial charge < -0.3 is 15.5 Å². The Morgan fingerprint density at radius 3 is 2.48 bits per heavy atom. The molecule has 2 heterocycles. The van der Waals surface area contributed by atoms with Crippen LogP contribution < -0.4 is 10.5 Å². The minimum absolute atomic E-state index is 0.786. The molecule has 27 heavy (non-hydrogen) atoms. The zero-order valence-corrected chi connectivity index (χ0v) is 15.9. The molecule has 2 aromatic carbocycles. The monoisotopic (exact) mass is 359 g/mol. The molecule has 0 bridgehead atoms. The highest BCUT2D eigenvalue weighted by molar-refractivity contribution is 6.08. The zero-order valence-electron chi connectivity index (χ0n) is 15.9. The van der Waals surface area contributed by atoms with Crippen LogP contribution in [-0.2, 0) is 6.42 Å². The first kappa shape index (κ1) is 17.4. The van der Waals surface area contributed by atoms with Crippen molar-refractivity contribution in [1.29, 1.82) is 0 Å². The molecule has 0 fully saturated rings. The lowest BCUT2D eigenvalue weighted by Crippen LogP contribution is -1.98. The second kappa shape index (κ2) is 7.31. The third-order valence-corrected chi connectivity index (χ3v) is 5.14. The van der Waals surface area contributed by atoms with Gasteiger partial charge >= 0.3 is 0 Å². The molecule has 4 nitrogen and oxygen atoms in total. The van der Waals surface area contributed by atoms with E-state index in [0.29, 0.717) is 0 Å². The molecule has 0 saturated carbocycles. The van der Waals surface area contributed by atoms with Gasteiger partial charge in [0.15, 0.2) is 0 Å². The molecule has 0 atom stereocenters. The first-order valence-electron chi connectivity index (χ1n) is 9.55. The maximum absolute atomic E-state index is 6.31. The number of nitrogens with two attached hydrogens (primary N) is 1. The highest BCUT2D eigenvalue weighted by Crippen LogP contribution is 2.32. The van der Waals surface area contributed by atoms with Crippen LogP contribution in [0.2, 0.25) is 0 Å². The standard InChI is InChI=1S/C23H25N3O/c1-3-4-5-6-22-20(24)14-19-18-13-16(9-12-21(18)25-23(19)26-22)15-7-10-17(27-2)11-8-15/h7-14H,3-6,24H2,1-2H3,(H,25,26). The van der Waals surface area contributed by atoms with E-state index in [1.807, 2.05) is 12.1 Å². The van der Waals surface area contributed by atoms with Crippen LogP contribution in [0.1, 0.15) is 31.9 Å². The number of hydrogen-bond acceptors (Lipinski definition) is 3. The molecule has 0 amide bonds. The van der Waals surface area contributed by atoms with Gasteiger partial charge in [0.2, 0.25) is 0 Å². The van der Waals surface area contributed by atoms with Crippen molar-refractivity contribution in [2.24, 2.45) is 0 Å².